The molecule has 7 heteroatoms. The molecule has 0 aliphatic heterocycles. The molecule has 0 aromatic heterocycles. The van der Waals surface area contributed by atoms with Crippen LogP contribution in [0.15, 0.2) is 40.9 Å². The fourth-order valence-corrected chi connectivity index (χ4v) is 2.35. The van der Waals surface area contributed by atoms with Gasteiger partial charge in [-0.25, -0.2) is 4.39 Å². The molecule has 0 bridgehead atoms. The summed E-state index contributed by atoms with van der Waals surface area (Å²) in [6.45, 7) is 0. The number of hydrogen-bond acceptors (Lipinski definition) is 2. The second-order valence-electron chi connectivity index (χ2n) is 4.11. The van der Waals surface area contributed by atoms with E-state index in [4.69, 9.17) is 29.6 Å². The first-order chi connectivity index (χ1) is 9.90. The Labute approximate surface area is 139 Å². The Kier molecular flexibility index (Phi) is 4.92. The van der Waals surface area contributed by atoms with E-state index >= 15 is 0 Å². The van der Waals surface area contributed by atoms with Crippen molar-refractivity contribution in [3.63, 3.8) is 0 Å². The quantitative estimate of drug-likeness (QED) is 0.779. The molecule has 0 aliphatic rings. The average Bonchev–Trinajstić information content (AvgIpc) is 2.41. The number of thiocarbonyl (C=S) groups is 1. The molecule has 108 valence electrons. The van der Waals surface area contributed by atoms with Crippen molar-refractivity contribution in [1.82, 2.24) is 0 Å². The predicted octanol–water partition coefficient (Wildman–Crippen LogP) is 4.13. The lowest BCUT2D eigenvalue weighted by Crippen LogP contribution is -2.19. The van der Waals surface area contributed by atoms with Crippen molar-refractivity contribution in [2.45, 2.75) is 0 Å². The van der Waals surface area contributed by atoms with Gasteiger partial charge in [-0.2, -0.15) is 0 Å². The minimum Gasteiger partial charge on any atom is -0.389 e. The molecule has 0 radical (unpaired) electrons. The summed E-state index contributed by atoms with van der Waals surface area (Å²) < 4.78 is 14.4. The molecule has 2 rings (SSSR count). The average molecular weight is 388 g/mol. The molecule has 0 atom stereocenters. The van der Waals surface area contributed by atoms with Crippen LogP contribution < -0.4 is 11.1 Å². The third kappa shape index (κ3) is 3.58. The first kappa shape index (κ1) is 15.9. The van der Waals surface area contributed by atoms with Crippen molar-refractivity contribution in [1.29, 1.82) is 0 Å². The van der Waals surface area contributed by atoms with E-state index in [-0.39, 0.29) is 16.2 Å². The normalized spacial score (nSPS) is 10.2. The summed E-state index contributed by atoms with van der Waals surface area (Å²) in [6.07, 6.45) is 0. The molecule has 0 heterocycles. The predicted molar refractivity (Wildman–Crippen MR) is 89.4 cm³/mol. The Hall–Kier alpha value is -1.50. The SMILES string of the molecule is NC(=S)c1c(F)cccc1NC(=O)c1ccc(Br)c(Cl)c1. The Morgan fingerprint density at radius 2 is 2.05 bits per heavy atom. The molecule has 2 aromatic carbocycles. The lowest BCUT2D eigenvalue weighted by Gasteiger charge is -2.11. The van der Waals surface area contributed by atoms with Gasteiger partial charge in [0, 0.05) is 10.0 Å². The van der Waals surface area contributed by atoms with Crippen LogP contribution in [0.1, 0.15) is 15.9 Å². The maximum atomic E-state index is 13.7. The van der Waals surface area contributed by atoms with Crippen LogP contribution in [-0.2, 0) is 0 Å². The molecule has 3 N–H and O–H groups in total. The molecule has 3 nitrogen and oxygen atoms in total. The zero-order valence-electron chi connectivity index (χ0n) is 10.5. The summed E-state index contributed by atoms with van der Waals surface area (Å²) in [5, 5.41) is 2.97. The second-order valence-corrected chi connectivity index (χ2v) is 5.81. The van der Waals surface area contributed by atoms with Crippen LogP contribution in [0.2, 0.25) is 5.02 Å². The summed E-state index contributed by atoms with van der Waals surface area (Å²) in [4.78, 5) is 12.0. The van der Waals surface area contributed by atoms with Crippen LogP contribution in [0.4, 0.5) is 10.1 Å². The molecule has 0 spiro atoms. The smallest absolute Gasteiger partial charge is 0.255 e. The molecule has 21 heavy (non-hydrogen) atoms. The van der Waals surface area contributed by atoms with E-state index in [1.54, 1.807) is 12.1 Å². The molecule has 1 amide bonds. The van der Waals surface area contributed by atoms with Crippen LogP contribution in [0.3, 0.4) is 0 Å². The monoisotopic (exact) mass is 386 g/mol. The van der Waals surface area contributed by atoms with Crippen LogP contribution in [0.5, 0.6) is 0 Å². The fraction of sp³-hybridized carbons (Fsp3) is 0. The minimum absolute atomic E-state index is 0.00376. The topological polar surface area (TPSA) is 55.1 Å². The third-order valence-electron chi connectivity index (χ3n) is 2.69. The van der Waals surface area contributed by atoms with Gasteiger partial charge in [0.15, 0.2) is 0 Å². The number of carbonyl (C=O) groups is 1. The number of amides is 1. The van der Waals surface area contributed by atoms with Gasteiger partial charge in [-0.3, -0.25) is 4.79 Å². The van der Waals surface area contributed by atoms with E-state index in [2.05, 4.69) is 21.2 Å². The van der Waals surface area contributed by atoms with E-state index in [0.29, 0.717) is 15.1 Å². The highest BCUT2D eigenvalue weighted by Gasteiger charge is 2.15. The lowest BCUT2D eigenvalue weighted by molar-refractivity contribution is 0.102. The molecule has 0 fully saturated rings. The van der Waals surface area contributed by atoms with E-state index in [9.17, 15) is 9.18 Å². The Balaban J connectivity index is 2.34. The van der Waals surface area contributed by atoms with Crippen molar-refractivity contribution in [3.05, 3.63) is 62.8 Å². The van der Waals surface area contributed by atoms with Crippen molar-refractivity contribution in [2.24, 2.45) is 5.73 Å². The summed E-state index contributed by atoms with van der Waals surface area (Å²) >= 11 is 14.0. The maximum Gasteiger partial charge on any atom is 0.255 e. The highest BCUT2D eigenvalue weighted by atomic mass is 79.9. The van der Waals surface area contributed by atoms with E-state index in [1.165, 1.54) is 24.3 Å². The molecule has 2 aromatic rings. The van der Waals surface area contributed by atoms with Gasteiger partial charge in [-0.05, 0) is 46.3 Å². The number of hydrogen-bond donors (Lipinski definition) is 2. The third-order valence-corrected chi connectivity index (χ3v) is 4.13. The highest BCUT2D eigenvalue weighted by Crippen LogP contribution is 2.24. The first-order valence-corrected chi connectivity index (χ1v) is 7.33. The number of benzene rings is 2. The van der Waals surface area contributed by atoms with Gasteiger partial charge in [0.1, 0.15) is 10.8 Å². The van der Waals surface area contributed by atoms with Gasteiger partial charge in [0.25, 0.3) is 5.91 Å². The molecule has 0 unspecified atom stereocenters. The van der Waals surface area contributed by atoms with Crippen LogP contribution in [0, 0.1) is 5.82 Å². The largest absolute Gasteiger partial charge is 0.389 e. The van der Waals surface area contributed by atoms with E-state index in [1.807, 2.05) is 0 Å². The highest BCUT2D eigenvalue weighted by molar-refractivity contribution is 9.10. The van der Waals surface area contributed by atoms with Gasteiger partial charge >= 0.3 is 0 Å². The Morgan fingerprint density at radius 3 is 2.67 bits per heavy atom. The summed E-state index contributed by atoms with van der Waals surface area (Å²) in [7, 11) is 0. The van der Waals surface area contributed by atoms with Crippen molar-refractivity contribution >= 4 is 56.3 Å². The molecule has 0 saturated carbocycles. The van der Waals surface area contributed by atoms with Crippen molar-refractivity contribution < 1.29 is 9.18 Å². The van der Waals surface area contributed by atoms with Gasteiger partial charge < -0.3 is 11.1 Å². The summed E-state index contributed by atoms with van der Waals surface area (Å²) in [6, 6.07) is 8.95. The van der Waals surface area contributed by atoms with Crippen molar-refractivity contribution in [3.8, 4) is 0 Å². The second kappa shape index (κ2) is 6.51. The number of rotatable bonds is 3. The van der Waals surface area contributed by atoms with Crippen LogP contribution in [0.25, 0.3) is 0 Å². The number of nitrogens with one attached hydrogen (secondary N) is 1. The molecular formula is C14H9BrClFN2OS. The van der Waals surface area contributed by atoms with Gasteiger partial charge in [0.05, 0.1) is 16.3 Å². The van der Waals surface area contributed by atoms with E-state index < -0.39 is 11.7 Å². The molecule has 0 saturated heterocycles. The fourth-order valence-electron chi connectivity index (χ4n) is 1.71. The number of carbonyl (C=O) groups excluding carboxylic acids is 1. The number of halogens is 3. The van der Waals surface area contributed by atoms with Gasteiger partial charge in [-0.15, -0.1) is 0 Å². The lowest BCUT2D eigenvalue weighted by atomic mass is 10.1. The maximum absolute atomic E-state index is 13.7. The zero-order valence-corrected chi connectivity index (χ0v) is 13.7. The Morgan fingerprint density at radius 1 is 1.33 bits per heavy atom. The van der Waals surface area contributed by atoms with Crippen molar-refractivity contribution in [2.75, 3.05) is 5.32 Å². The minimum atomic E-state index is -0.589. The number of nitrogens with two attached hydrogens (primary N) is 1. The van der Waals surface area contributed by atoms with Crippen LogP contribution in [-0.4, -0.2) is 10.9 Å². The first-order valence-electron chi connectivity index (χ1n) is 5.75. The standard InChI is InChI=1S/C14H9BrClFN2OS/c15-8-5-4-7(6-9(8)16)14(20)19-11-3-1-2-10(17)12(11)13(18)21/h1-6H,(H2,18,21)(H,19,20). The zero-order chi connectivity index (χ0) is 15.6. The van der Waals surface area contributed by atoms with Gasteiger partial charge in [-0.1, -0.05) is 29.9 Å². The van der Waals surface area contributed by atoms with Gasteiger partial charge in [0.2, 0.25) is 0 Å². The molecule has 0 aliphatic carbocycles. The Bertz CT molecular complexity index is 739. The van der Waals surface area contributed by atoms with Crippen LogP contribution >= 0.6 is 39.7 Å². The summed E-state index contributed by atoms with van der Waals surface area (Å²) in [5.41, 5.74) is 6.04. The number of anilines is 1. The summed E-state index contributed by atoms with van der Waals surface area (Å²) in [5.74, 6) is -1.03. The molecular weight excluding hydrogens is 379 g/mol. The van der Waals surface area contributed by atoms with E-state index in [0.717, 1.165) is 0 Å².